The lowest BCUT2D eigenvalue weighted by Crippen LogP contribution is -2.15. The van der Waals surface area contributed by atoms with Gasteiger partial charge in [-0.3, -0.25) is 0 Å². The Hall–Kier alpha value is -1.18. The maximum Gasteiger partial charge on any atom is 0.192 e. The van der Waals surface area contributed by atoms with Crippen molar-refractivity contribution >= 4 is 23.2 Å². The Balaban J connectivity index is 2.03. The predicted octanol–water partition coefficient (Wildman–Crippen LogP) is 4.61. The quantitative estimate of drug-likeness (QED) is 0.735. The van der Waals surface area contributed by atoms with Gasteiger partial charge in [0.25, 0.3) is 0 Å². The van der Waals surface area contributed by atoms with E-state index in [1.807, 2.05) is 60.7 Å². The maximum atomic E-state index is 6.25. The monoisotopic (exact) mass is 266 g/mol. The van der Waals surface area contributed by atoms with E-state index < -0.39 is 5.56 Å². The summed E-state index contributed by atoms with van der Waals surface area (Å²) in [5, 5.41) is -0.377. The second-order valence-corrected chi connectivity index (χ2v) is 4.49. The van der Waals surface area contributed by atoms with Gasteiger partial charge in [0.15, 0.2) is 5.56 Å². The van der Waals surface area contributed by atoms with Gasteiger partial charge in [0.2, 0.25) is 0 Å². The molecule has 2 unspecified atom stereocenters. The highest BCUT2D eigenvalue weighted by atomic mass is 35.5. The topological polar surface area (TPSA) is 9.23 Å². The molecule has 0 saturated carbocycles. The van der Waals surface area contributed by atoms with Gasteiger partial charge in [-0.15, -0.1) is 11.6 Å². The molecule has 0 bridgehead atoms. The standard InChI is InChI=1S/C14H12Cl2O/c15-13(11-7-3-1-4-8-11)14(16)17-12-9-5-2-6-10-12/h1-10,13-14H. The zero-order valence-corrected chi connectivity index (χ0v) is 10.6. The third-order valence-electron chi connectivity index (χ3n) is 2.34. The second kappa shape index (κ2) is 5.95. The van der Waals surface area contributed by atoms with E-state index in [-0.39, 0.29) is 5.38 Å². The molecule has 0 N–H and O–H groups in total. The van der Waals surface area contributed by atoms with Gasteiger partial charge >= 0.3 is 0 Å². The normalized spacial score (nSPS) is 14.0. The first-order valence-corrected chi connectivity index (χ1v) is 6.19. The lowest BCUT2D eigenvalue weighted by atomic mass is 10.1. The Bertz CT molecular complexity index is 444. The van der Waals surface area contributed by atoms with E-state index in [1.54, 1.807) is 0 Å². The van der Waals surface area contributed by atoms with Gasteiger partial charge in [0.05, 0.1) is 0 Å². The van der Waals surface area contributed by atoms with Crippen LogP contribution in [0.2, 0.25) is 0 Å². The maximum absolute atomic E-state index is 6.25. The smallest absolute Gasteiger partial charge is 0.192 e. The first kappa shape index (κ1) is 12.3. The van der Waals surface area contributed by atoms with Crippen LogP contribution in [0.5, 0.6) is 5.75 Å². The van der Waals surface area contributed by atoms with E-state index in [9.17, 15) is 0 Å². The zero-order chi connectivity index (χ0) is 12.1. The summed E-state index contributed by atoms with van der Waals surface area (Å²) in [6, 6.07) is 19.1. The summed E-state index contributed by atoms with van der Waals surface area (Å²) in [7, 11) is 0. The van der Waals surface area contributed by atoms with Crippen molar-refractivity contribution in [2.75, 3.05) is 0 Å². The molecule has 0 aliphatic rings. The van der Waals surface area contributed by atoms with Crippen LogP contribution in [0.25, 0.3) is 0 Å². The summed E-state index contributed by atoms with van der Waals surface area (Å²) < 4.78 is 5.56. The summed E-state index contributed by atoms with van der Waals surface area (Å²) in [4.78, 5) is 0. The molecule has 2 aromatic carbocycles. The molecule has 2 rings (SSSR count). The van der Waals surface area contributed by atoms with Crippen molar-refractivity contribution in [3.05, 3.63) is 66.2 Å². The molecule has 0 saturated heterocycles. The molecule has 0 amide bonds. The second-order valence-electron chi connectivity index (χ2n) is 3.59. The molecule has 3 heteroatoms. The Morgan fingerprint density at radius 1 is 0.765 bits per heavy atom. The third-order valence-corrected chi connectivity index (χ3v) is 3.29. The van der Waals surface area contributed by atoms with E-state index in [4.69, 9.17) is 27.9 Å². The highest BCUT2D eigenvalue weighted by Gasteiger charge is 2.19. The summed E-state index contributed by atoms with van der Waals surface area (Å²) >= 11 is 12.4. The molecule has 1 nitrogen and oxygen atoms in total. The summed E-state index contributed by atoms with van der Waals surface area (Å²) in [5.74, 6) is 0.717. The zero-order valence-electron chi connectivity index (χ0n) is 9.09. The van der Waals surface area contributed by atoms with Gasteiger partial charge in [-0.1, -0.05) is 60.1 Å². The van der Waals surface area contributed by atoms with Crippen LogP contribution in [0.15, 0.2) is 60.7 Å². The van der Waals surface area contributed by atoms with Crippen molar-refractivity contribution in [1.82, 2.24) is 0 Å². The van der Waals surface area contributed by atoms with E-state index in [1.165, 1.54) is 0 Å². The van der Waals surface area contributed by atoms with Gasteiger partial charge in [0.1, 0.15) is 11.1 Å². The van der Waals surface area contributed by atoms with Gasteiger partial charge in [-0.2, -0.15) is 0 Å². The molecule has 2 aromatic rings. The third kappa shape index (κ3) is 3.39. The molecule has 0 aromatic heterocycles. The minimum atomic E-state index is -0.596. The Morgan fingerprint density at radius 2 is 1.29 bits per heavy atom. The van der Waals surface area contributed by atoms with Crippen molar-refractivity contribution in [2.45, 2.75) is 10.9 Å². The van der Waals surface area contributed by atoms with Crippen LogP contribution in [0.1, 0.15) is 10.9 Å². The molecular weight excluding hydrogens is 255 g/mol. The van der Waals surface area contributed by atoms with Gasteiger partial charge in [-0.05, 0) is 17.7 Å². The van der Waals surface area contributed by atoms with Crippen molar-refractivity contribution in [2.24, 2.45) is 0 Å². The largest absolute Gasteiger partial charge is 0.473 e. The summed E-state index contributed by atoms with van der Waals surface area (Å²) in [6.45, 7) is 0. The molecule has 0 fully saturated rings. The number of hydrogen-bond acceptors (Lipinski definition) is 1. The Morgan fingerprint density at radius 3 is 1.88 bits per heavy atom. The Labute approximate surface area is 111 Å². The average molecular weight is 267 g/mol. The summed E-state index contributed by atoms with van der Waals surface area (Å²) in [6.07, 6.45) is 0. The van der Waals surface area contributed by atoms with Gasteiger partial charge < -0.3 is 4.74 Å². The van der Waals surface area contributed by atoms with Crippen LogP contribution in [-0.2, 0) is 0 Å². The lowest BCUT2D eigenvalue weighted by molar-refractivity contribution is 0.276. The molecular formula is C14H12Cl2O. The number of rotatable bonds is 4. The highest BCUT2D eigenvalue weighted by Crippen LogP contribution is 2.29. The molecule has 17 heavy (non-hydrogen) atoms. The molecule has 0 aliphatic carbocycles. The minimum absolute atomic E-state index is 0.377. The van der Waals surface area contributed by atoms with Gasteiger partial charge in [-0.25, -0.2) is 0 Å². The number of benzene rings is 2. The van der Waals surface area contributed by atoms with Crippen molar-refractivity contribution in [1.29, 1.82) is 0 Å². The van der Waals surface area contributed by atoms with E-state index >= 15 is 0 Å². The van der Waals surface area contributed by atoms with Crippen molar-refractivity contribution in [3.8, 4) is 5.75 Å². The molecule has 0 spiro atoms. The highest BCUT2D eigenvalue weighted by molar-refractivity contribution is 6.29. The van der Waals surface area contributed by atoms with E-state index in [0.29, 0.717) is 5.75 Å². The SMILES string of the molecule is ClC(Oc1ccccc1)C(Cl)c1ccccc1. The summed E-state index contributed by atoms with van der Waals surface area (Å²) in [5.41, 5.74) is 0.353. The molecule has 0 radical (unpaired) electrons. The number of ether oxygens (including phenoxy) is 1. The number of hydrogen-bond donors (Lipinski definition) is 0. The van der Waals surface area contributed by atoms with Crippen LogP contribution < -0.4 is 4.74 Å². The minimum Gasteiger partial charge on any atom is -0.473 e. The molecule has 2 atom stereocenters. The fourth-order valence-corrected chi connectivity index (χ4v) is 1.92. The predicted molar refractivity (Wildman–Crippen MR) is 71.7 cm³/mol. The van der Waals surface area contributed by atoms with Crippen molar-refractivity contribution in [3.63, 3.8) is 0 Å². The van der Waals surface area contributed by atoms with Crippen LogP contribution in [0.4, 0.5) is 0 Å². The Kier molecular flexibility index (Phi) is 4.29. The molecule has 0 heterocycles. The fraction of sp³-hybridized carbons (Fsp3) is 0.143. The van der Waals surface area contributed by atoms with E-state index in [2.05, 4.69) is 0 Å². The molecule has 0 aliphatic heterocycles. The van der Waals surface area contributed by atoms with Crippen LogP contribution in [0, 0.1) is 0 Å². The average Bonchev–Trinajstić information content (AvgIpc) is 2.40. The fourth-order valence-electron chi connectivity index (χ4n) is 1.48. The first-order valence-electron chi connectivity index (χ1n) is 5.32. The first-order chi connectivity index (χ1) is 8.27. The van der Waals surface area contributed by atoms with Crippen molar-refractivity contribution < 1.29 is 4.74 Å². The van der Waals surface area contributed by atoms with Gasteiger partial charge in [0, 0.05) is 0 Å². The van der Waals surface area contributed by atoms with Crippen LogP contribution >= 0.6 is 23.2 Å². The number of alkyl halides is 2. The van der Waals surface area contributed by atoms with Crippen LogP contribution in [0.3, 0.4) is 0 Å². The lowest BCUT2D eigenvalue weighted by Gasteiger charge is -2.18. The van der Waals surface area contributed by atoms with E-state index in [0.717, 1.165) is 5.56 Å². The van der Waals surface area contributed by atoms with Crippen LogP contribution in [-0.4, -0.2) is 5.56 Å². The number of para-hydroxylation sites is 1. The molecule has 88 valence electrons. The number of halogens is 2.